The van der Waals surface area contributed by atoms with E-state index >= 15 is 0 Å². The standard InChI is InChI=1S/C27H26FN3O/c1-2-13-30-26(32)27(12-15-31(20-27)19-21-7-5-10-24(28)16-21)17-22-8-3-4-11-25(22)23-9-6-14-29-18-23/h1,3-11,14,16,18H,12-13,15,17,19-20H2,(H,30,32). The topological polar surface area (TPSA) is 45.2 Å². The molecule has 32 heavy (non-hydrogen) atoms. The summed E-state index contributed by atoms with van der Waals surface area (Å²) in [6.45, 7) is 2.15. The maximum absolute atomic E-state index is 13.6. The zero-order valence-electron chi connectivity index (χ0n) is 17.9. The SMILES string of the molecule is C#CCNC(=O)C1(Cc2ccccc2-c2cccnc2)CCN(Cc2cccc(F)c2)C1. The molecule has 2 aromatic carbocycles. The molecule has 1 aromatic heterocycles. The smallest absolute Gasteiger partial charge is 0.228 e. The first-order chi connectivity index (χ1) is 15.6. The van der Waals surface area contributed by atoms with Gasteiger partial charge < -0.3 is 5.32 Å². The quantitative estimate of drug-likeness (QED) is 0.578. The molecule has 4 nitrogen and oxygen atoms in total. The molecule has 1 N–H and O–H groups in total. The van der Waals surface area contributed by atoms with Crippen molar-refractivity contribution in [3.8, 4) is 23.5 Å². The monoisotopic (exact) mass is 427 g/mol. The van der Waals surface area contributed by atoms with E-state index in [1.807, 2.05) is 36.5 Å². The Kier molecular flexibility index (Phi) is 6.63. The van der Waals surface area contributed by atoms with Crippen LogP contribution in [0.1, 0.15) is 17.5 Å². The first-order valence-corrected chi connectivity index (χ1v) is 10.8. The van der Waals surface area contributed by atoms with Crippen molar-refractivity contribution in [3.63, 3.8) is 0 Å². The van der Waals surface area contributed by atoms with Gasteiger partial charge in [0.15, 0.2) is 0 Å². The molecule has 1 amide bonds. The molecule has 5 heteroatoms. The number of hydrogen-bond donors (Lipinski definition) is 1. The van der Waals surface area contributed by atoms with Gasteiger partial charge in [-0.05, 0) is 54.3 Å². The number of halogens is 1. The van der Waals surface area contributed by atoms with E-state index < -0.39 is 5.41 Å². The highest BCUT2D eigenvalue weighted by atomic mass is 19.1. The Morgan fingerprint density at radius 3 is 2.84 bits per heavy atom. The van der Waals surface area contributed by atoms with E-state index in [1.54, 1.807) is 18.3 Å². The molecule has 0 radical (unpaired) electrons. The molecule has 1 fully saturated rings. The van der Waals surface area contributed by atoms with Gasteiger partial charge in [-0.1, -0.05) is 48.4 Å². The van der Waals surface area contributed by atoms with Gasteiger partial charge in [0.1, 0.15) is 5.82 Å². The number of terminal acetylenes is 1. The molecule has 0 spiro atoms. The molecule has 0 bridgehead atoms. The van der Waals surface area contributed by atoms with Crippen LogP contribution in [-0.2, 0) is 17.8 Å². The van der Waals surface area contributed by atoms with Gasteiger partial charge in [-0.3, -0.25) is 14.7 Å². The maximum atomic E-state index is 13.6. The van der Waals surface area contributed by atoms with Crippen LogP contribution in [0, 0.1) is 23.6 Å². The fraction of sp³-hybridized carbons (Fsp3) is 0.259. The van der Waals surface area contributed by atoms with Crippen molar-refractivity contribution in [2.24, 2.45) is 5.41 Å². The molecule has 1 aliphatic rings. The Bertz CT molecular complexity index is 1130. The largest absolute Gasteiger partial charge is 0.345 e. The number of rotatable bonds is 7. The van der Waals surface area contributed by atoms with Crippen LogP contribution >= 0.6 is 0 Å². The van der Waals surface area contributed by atoms with Crippen LogP contribution in [0.25, 0.3) is 11.1 Å². The number of benzene rings is 2. The lowest BCUT2D eigenvalue weighted by molar-refractivity contribution is -0.130. The van der Waals surface area contributed by atoms with Gasteiger partial charge >= 0.3 is 0 Å². The summed E-state index contributed by atoms with van der Waals surface area (Å²) in [6.07, 6.45) is 10.3. The van der Waals surface area contributed by atoms with Crippen LogP contribution in [0.15, 0.2) is 73.1 Å². The van der Waals surface area contributed by atoms with Gasteiger partial charge in [0, 0.05) is 31.0 Å². The highest BCUT2D eigenvalue weighted by Crippen LogP contribution is 2.38. The van der Waals surface area contributed by atoms with Crippen LogP contribution in [0.3, 0.4) is 0 Å². The number of hydrogen-bond acceptors (Lipinski definition) is 3. The predicted octanol–water partition coefficient (Wildman–Crippen LogP) is 4.07. The molecule has 162 valence electrons. The Hall–Kier alpha value is -3.49. The second-order valence-electron chi connectivity index (χ2n) is 8.33. The van der Waals surface area contributed by atoms with Gasteiger partial charge in [0.05, 0.1) is 12.0 Å². The van der Waals surface area contributed by atoms with Gasteiger partial charge in [-0.2, -0.15) is 0 Å². The van der Waals surface area contributed by atoms with E-state index in [0.717, 1.165) is 28.8 Å². The summed E-state index contributed by atoms with van der Waals surface area (Å²) in [6, 6.07) is 18.7. The van der Waals surface area contributed by atoms with Crippen molar-refractivity contribution in [1.29, 1.82) is 0 Å². The van der Waals surface area contributed by atoms with E-state index in [1.165, 1.54) is 6.07 Å². The minimum Gasteiger partial charge on any atom is -0.345 e. The molecular weight excluding hydrogens is 401 g/mol. The number of likely N-dealkylation sites (tertiary alicyclic amines) is 1. The average Bonchev–Trinajstić information content (AvgIpc) is 3.22. The lowest BCUT2D eigenvalue weighted by atomic mass is 9.78. The van der Waals surface area contributed by atoms with Crippen LogP contribution in [-0.4, -0.2) is 35.4 Å². The zero-order valence-corrected chi connectivity index (χ0v) is 17.9. The van der Waals surface area contributed by atoms with Gasteiger partial charge in [-0.15, -0.1) is 6.42 Å². The van der Waals surface area contributed by atoms with Crippen LogP contribution in [0.2, 0.25) is 0 Å². The Morgan fingerprint density at radius 1 is 1.19 bits per heavy atom. The Labute approximate surface area is 188 Å². The minimum absolute atomic E-state index is 0.0295. The van der Waals surface area contributed by atoms with Crippen LogP contribution < -0.4 is 5.32 Å². The molecule has 0 saturated carbocycles. The predicted molar refractivity (Wildman–Crippen MR) is 124 cm³/mol. The minimum atomic E-state index is -0.609. The van der Waals surface area contributed by atoms with Crippen LogP contribution in [0.5, 0.6) is 0 Å². The zero-order chi connectivity index (χ0) is 22.4. The summed E-state index contributed by atoms with van der Waals surface area (Å²) in [4.78, 5) is 19.8. The third-order valence-corrected chi connectivity index (χ3v) is 6.08. The van der Waals surface area contributed by atoms with Crippen molar-refractivity contribution >= 4 is 5.91 Å². The highest BCUT2D eigenvalue weighted by Gasteiger charge is 2.44. The van der Waals surface area contributed by atoms with Gasteiger partial charge in [0.2, 0.25) is 5.91 Å². The summed E-state index contributed by atoms with van der Waals surface area (Å²) in [5.74, 6) is 2.23. The molecule has 0 aliphatic carbocycles. The number of pyridine rings is 1. The molecular formula is C27H26FN3O. The maximum Gasteiger partial charge on any atom is 0.228 e. The molecule has 2 heterocycles. The van der Waals surface area contributed by atoms with Crippen molar-refractivity contribution in [3.05, 3.63) is 90.0 Å². The molecule has 1 unspecified atom stereocenters. The molecule has 1 atom stereocenters. The average molecular weight is 428 g/mol. The van der Waals surface area contributed by atoms with E-state index in [4.69, 9.17) is 6.42 Å². The van der Waals surface area contributed by atoms with Gasteiger partial charge in [0.25, 0.3) is 0 Å². The molecule has 3 aromatic rings. The molecule has 1 aliphatic heterocycles. The number of carbonyl (C=O) groups excluding carboxylic acids is 1. The Morgan fingerprint density at radius 2 is 2.06 bits per heavy atom. The fourth-order valence-electron chi connectivity index (χ4n) is 4.56. The lowest BCUT2D eigenvalue weighted by Gasteiger charge is -2.29. The van der Waals surface area contributed by atoms with Crippen molar-refractivity contribution in [2.75, 3.05) is 19.6 Å². The van der Waals surface area contributed by atoms with Crippen molar-refractivity contribution in [2.45, 2.75) is 19.4 Å². The summed E-state index contributed by atoms with van der Waals surface area (Å²) in [5, 5.41) is 2.91. The highest BCUT2D eigenvalue weighted by molar-refractivity contribution is 5.84. The lowest BCUT2D eigenvalue weighted by Crippen LogP contribution is -2.44. The number of nitrogens with one attached hydrogen (secondary N) is 1. The second kappa shape index (κ2) is 9.76. The number of nitrogens with zero attached hydrogens (tertiary/aromatic N) is 2. The van der Waals surface area contributed by atoms with Crippen molar-refractivity contribution < 1.29 is 9.18 Å². The third kappa shape index (κ3) is 4.87. The van der Waals surface area contributed by atoms with E-state index in [9.17, 15) is 9.18 Å². The normalized spacial score (nSPS) is 18.2. The summed E-state index contributed by atoms with van der Waals surface area (Å²) >= 11 is 0. The Balaban J connectivity index is 1.61. The van der Waals surface area contributed by atoms with Crippen LogP contribution in [0.4, 0.5) is 4.39 Å². The van der Waals surface area contributed by atoms with E-state index in [0.29, 0.717) is 25.9 Å². The number of aromatic nitrogens is 1. The first kappa shape index (κ1) is 21.7. The summed E-state index contributed by atoms with van der Waals surface area (Å²) in [7, 11) is 0. The second-order valence-corrected chi connectivity index (χ2v) is 8.33. The van der Waals surface area contributed by atoms with Crippen molar-refractivity contribution in [1.82, 2.24) is 15.2 Å². The molecule has 4 rings (SSSR count). The number of carbonyl (C=O) groups is 1. The first-order valence-electron chi connectivity index (χ1n) is 10.8. The summed E-state index contributed by atoms with van der Waals surface area (Å²) in [5.41, 5.74) is 3.50. The number of amides is 1. The molecule has 1 saturated heterocycles. The van der Waals surface area contributed by atoms with E-state index in [-0.39, 0.29) is 18.3 Å². The van der Waals surface area contributed by atoms with E-state index in [2.05, 4.69) is 33.3 Å². The van der Waals surface area contributed by atoms with Gasteiger partial charge in [-0.25, -0.2) is 4.39 Å². The summed E-state index contributed by atoms with van der Waals surface area (Å²) < 4.78 is 13.6. The third-order valence-electron chi connectivity index (χ3n) is 6.08. The fourth-order valence-corrected chi connectivity index (χ4v) is 4.56.